The highest BCUT2D eigenvalue weighted by atomic mass is 35.5. The van der Waals surface area contributed by atoms with Gasteiger partial charge in [-0.3, -0.25) is 4.79 Å². The van der Waals surface area contributed by atoms with Crippen LogP contribution >= 0.6 is 12.4 Å². The molecule has 1 unspecified atom stereocenters. The zero-order chi connectivity index (χ0) is 17.3. The highest BCUT2D eigenvalue weighted by Gasteiger charge is 2.28. The van der Waals surface area contributed by atoms with Crippen LogP contribution in [0.15, 0.2) is 30.5 Å². The molecule has 2 heterocycles. The molecular formula is C18H24ClFN4O. The summed E-state index contributed by atoms with van der Waals surface area (Å²) in [6.07, 6.45) is 2.59. The van der Waals surface area contributed by atoms with Crippen LogP contribution in [-0.2, 0) is 0 Å². The summed E-state index contributed by atoms with van der Waals surface area (Å²) in [6, 6.07) is 6.37. The van der Waals surface area contributed by atoms with Crippen LogP contribution in [-0.4, -0.2) is 46.8 Å². The summed E-state index contributed by atoms with van der Waals surface area (Å²) < 4.78 is 14.9. The number of nitrogens with one attached hydrogen (secondary N) is 1. The van der Waals surface area contributed by atoms with E-state index in [0.717, 1.165) is 30.9 Å². The minimum Gasteiger partial charge on any atom is -0.337 e. The highest BCUT2D eigenvalue weighted by molar-refractivity contribution is 5.95. The Kier molecular flexibility index (Phi) is 6.19. The number of nitrogens with zero attached hydrogens (tertiary/aromatic N) is 3. The molecule has 0 radical (unpaired) electrons. The van der Waals surface area contributed by atoms with Crippen LogP contribution in [0.5, 0.6) is 0 Å². The van der Waals surface area contributed by atoms with E-state index in [1.165, 1.54) is 12.1 Å². The minimum absolute atomic E-state index is 0. The maximum absolute atomic E-state index is 13.2. The maximum Gasteiger partial charge on any atom is 0.257 e. The molecule has 1 fully saturated rings. The lowest BCUT2D eigenvalue weighted by Crippen LogP contribution is -2.38. The van der Waals surface area contributed by atoms with Crippen molar-refractivity contribution in [1.82, 2.24) is 20.0 Å². The zero-order valence-electron chi connectivity index (χ0n) is 14.7. The number of amides is 1. The quantitative estimate of drug-likeness (QED) is 0.905. The lowest BCUT2D eigenvalue weighted by Gasteiger charge is -2.24. The summed E-state index contributed by atoms with van der Waals surface area (Å²) in [4.78, 5) is 14.7. The van der Waals surface area contributed by atoms with Gasteiger partial charge < -0.3 is 10.2 Å². The topological polar surface area (TPSA) is 50.2 Å². The molecular weight excluding hydrogens is 343 g/mol. The number of aromatic nitrogens is 2. The molecule has 0 saturated carbocycles. The number of likely N-dealkylation sites (N-methyl/N-ethyl adjacent to an activating group) is 1. The number of hydrogen-bond donors (Lipinski definition) is 1. The van der Waals surface area contributed by atoms with Crippen molar-refractivity contribution in [1.29, 1.82) is 0 Å². The number of halogens is 2. The number of rotatable bonds is 4. The van der Waals surface area contributed by atoms with Crippen molar-refractivity contribution < 1.29 is 9.18 Å². The van der Waals surface area contributed by atoms with Gasteiger partial charge in [0.25, 0.3) is 5.91 Å². The van der Waals surface area contributed by atoms with E-state index in [4.69, 9.17) is 0 Å². The van der Waals surface area contributed by atoms with Crippen molar-refractivity contribution in [3.05, 3.63) is 47.5 Å². The van der Waals surface area contributed by atoms with E-state index >= 15 is 0 Å². The Bertz CT molecular complexity index is 723. The fraction of sp³-hybridized carbons (Fsp3) is 0.444. The normalized spacial score (nSPS) is 16.8. The van der Waals surface area contributed by atoms with Gasteiger partial charge in [0, 0.05) is 19.6 Å². The van der Waals surface area contributed by atoms with Crippen LogP contribution < -0.4 is 5.32 Å². The van der Waals surface area contributed by atoms with Crippen LogP contribution in [0.25, 0.3) is 5.69 Å². The van der Waals surface area contributed by atoms with Crippen molar-refractivity contribution in [2.45, 2.75) is 32.2 Å². The van der Waals surface area contributed by atoms with E-state index in [1.807, 2.05) is 20.9 Å². The Morgan fingerprint density at radius 2 is 2.04 bits per heavy atom. The SMILES string of the molecule is CC(C)c1c(C(=O)N(C)C2CCNC2)cnn1-c1ccc(F)cc1.Cl. The Morgan fingerprint density at radius 3 is 2.60 bits per heavy atom. The molecule has 1 saturated heterocycles. The first-order valence-corrected chi connectivity index (χ1v) is 8.30. The van der Waals surface area contributed by atoms with Gasteiger partial charge in [-0.1, -0.05) is 13.8 Å². The average molecular weight is 367 g/mol. The van der Waals surface area contributed by atoms with Crippen LogP contribution in [0.4, 0.5) is 4.39 Å². The molecule has 7 heteroatoms. The average Bonchev–Trinajstić information content (AvgIpc) is 3.23. The first kappa shape index (κ1) is 19.4. The first-order chi connectivity index (χ1) is 11.5. The second kappa shape index (κ2) is 7.97. The van der Waals surface area contributed by atoms with Gasteiger partial charge in [0.15, 0.2) is 0 Å². The molecule has 1 aromatic carbocycles. The van der Waals surface area contributed by atoms with Crippen LogP contribution in [0, 0.1) is 5.82 Å². The van der Waals surface area contributed by atoms with Gasteiger partial charge in [-0.05, 0) is 43.1 Å². The molecule has 0 aliphatic carbocycles. The van der Waals surface area contributed by atoms with Gasteiger partial charge in [-0.2, -0.15) is 5.10 Å². The Balaban J connectivity index is 0.00000225. The predicted octanol–water partition coefficient (Wildman–Crippen LogP) is 2.99. The Hall–Kier alpha value is -1.92. The van der Waals surface area contributed by atoms with Gasteiger partial charge in [0.1, 0.15) is 5.82 Å². The molecule has 1 aliphatic heterocycles. The predicted molar refractivity (Wildman–Crippen MR) is 98.2 cm³/mol. The third-order valence-electron chi connectivity index (χ3n) is 4.56. The van der Waals surface area contributed by atoms with E-state index in [9.17, 15) is 9.18 Å². The largest absolute Gasteiger partial charge is 0.337 e. The van der Waals surface area contributed by atoms with Gasteiger partial charge >= 0.3 is 0 Å². The smallest absolute Gasteiger partial charge is 0.257 e. The van der Waals surface area contributed by atoms with E-state index in [0.29, 0.717) is 5.56 Å². The number of carbonyl (C=O) groups excluding carboxylic acids is 1. The Labute approximate surface area is 153 Å². The third kappa shape index (κ3) is 3.85. The lowest BCUT2D eigenvalue weighted by molar-refractivity contribution is 0.0742. The van der Waals surface area contributed by atoms with Crippen molar-refractivity contribution in [2.24, 2.45) is 0 Å². The summed E-state index contributed by atoms with van der Waals surface area (Å²) in [5, 5.41) is 7.68. The van der Waals surface area contributed by atoms with Crippen LogP contribution in [0.3, 0.4) is 0 Å². The highest BCUT2D eigenvalue weighted by Crippen LogP contribution is 2.25. The molecule has 1 aromatic heterocycles. The second-order valence-corrected chi connectivity index (χ2v) is 6.55. The third-order valence-corrected chi connectivity index (χ3v) is 4.56. The van der Waals surface area contributed by atoms with Crippen molar-refractivity contribution in [3.63, 3.8) is 0 Å². The lowest BCUT2D eigenvalue weighted by atomic mass is 10.0. The zero-order valence-corrected chi connectivity index (χ0v) is 15.5. The summed E-state index contributed by atoms with van der Waals surface area (Å²) in [6.45, 7) is 5.83. The van der Waals surface area contributed by atoms with E-state index < -0.39 is 0 Å². The van der Waals surface area contributed by atoms with E-state index in [2.05, 4.69) is 10.4 Å². The van der Waals surface area contributed by atoms with Gasteiger partial charge in [-0.15, -0.1) is 12.4 Å². The fourth-order valence-electron chi connectivity index (χ4n) is 3.19. The molecule has 1 amide bonds. The summed E-state index contributed by atoms with van der Waals surface area (Å²) >= 11 is 0. The number of benzene rings is 1. The molecule has 1 atom stereocenters. The van der Waals surface area contributed by atoms with Crippen molar-refractivity contribution in [3.8, 4) is 5.69 Å². The van der Waals surface area contributed by atoms with Crippen LogP contribution in [0.2, 0.25) is 0 Å². The molecule has 0 spiro atoms. The molecule has 25 heavy (non-hydrogen) atoms. The van der Waals surface area contributed by atoms with Gasteiger partial charge in [-0.25, -0.2) is 9.07 Å². The van der Waals surface area contributed by atoms with Crippen molar-refractivity contribution >= 4 is 18.3 Å². The summed E-state index contributed by atoms with van der Waals surface area (Å²) in [7, 11) is 1.85. The number of carbonyl (C=O) groups is 1. The maximum atomic E-state index is 13.2. The summed E-state index contributed by atoms with van der Waals surface area (Å²) in [5.74, 6) is -0.186. The standard InChI is InChI=1S/C18H23FN4O.ClH/c1-12(2)17-16(18(24)22(3)15-8-9-20-10-15)11-21-23(17)14-6-4-13(19)5-7-14;/h4-7,11-12,15,20H,8-10H2,1-3H3;1H. The molecule has 1 N–H and O–H groups in total. The molecule has 5 nitrogen and oxygen atoms in total. The molecule has 1 aliphatic rings. The number of hydrogen-bond acceptors (Lipinski definition) is 3. The fourth-order valence-corrected chi connectivity index (χ4v) is 3.19. The van der Waals surface area contributed by atoms with Gasteiger partial charge in [0.05, 0.1) is 23.1 Å². The minimum atomic E-state index is -0.290. The molecule has 2 aromatic rings. The van der Waals surface area contributed by atoms with Crippen LogP contribution in [0.1, 0.15) is 42.2 Å². The van der Waals surface area contributed by atoms with Gasteiger partial charge in [0.2, 0.25) is 0 Å². The Morgan fingerprint density at radius 1 is 1.36 bits per heavy atom. The molecule has 0 bridgehead atoms. The monoisotopic (exact) mass is 366 g/mol. The first-order valence-electron chi connectivity index (χ1n) is 8.30. The summed E-state index contributed by atoms with van der Waals surface area (Å²) in [5.41, 5.74) is 2.22. The molecule has 136 valence electrons. The van der Waals surface area contributed by atoms with Crippen molar-refractivity contribution in [2.75, 3.05) is 20.1 Å². The van der Waals surface area contributed by atoms with E-state index in [1.54, 1.807) is 27.9 Å². The molecule has 3 rings (SSSR count). The van der Waals surface area contributed by atoms with E-state index in [-0.39, 0.29) is 36.1 Å². The second-order valence-electron chi connectivity index (χ2n) is 6.55.